The Hall–Kier alpha value is -1.62. The normalized spacial score (nSPS) is 17.2. The average Bonchev–Trinajstić information content (AvgIpc) is 2.69. The standard InChI is InChI=1S/C13H16ClN5/c1-13(2)7-3-4-8-11(13)12(15)19(18-8)10-6-5-9(14)16-17-10/h5-6H,3-4,7,15H2,1-2H3. The molecule has 100 valence electrons. The fraction of sp³-hybridized carbons (Fsp3) is 0.462. The van der Waals surface area contributed by atoms with Crippen LogP contribution in [0.25, 0.3) is 5.82 Å². The van der Waals surface area contributed by atoms with Gasteiger partial charge in [-0.15, -0.1) is 10.2 Å². The lowest BCUT2D eigenvalue weighted by atomic mass is 9.75. The summed E-state index contributed by atoms with van der Waals surface area (Å²) in [6.07, 6.45) is 3.24. The lowest BCUT2D eigenvalue weighted by Gasteiger charge is -2.29. The van der Waals surface area contributed by atoms with Crippen LogP contribution in [-0.2, 0) is 11.8 Å². The number of aryl methyl sites for hydroxylation is 1. The Morgan fingerprint density at radius 1 is 1.32 bits per heavy atom. The Labute approximate surface area is 116 Å². The molecule has 6 heteroatoms. The number of hydrogen-bond donors (Lipinski definition) is 1. The molecule has 0 saturated heterocycles. The van der Waals surface area contributed by atoms with Gasteiger partial charge in [0.15, 0.2) is 11.0 Å². The smallest absolute Gasteiger partial charge is 0.178 e. The highest BCUT2D eigenvalue weighted by Gasteiger charge is 2.33. The van der Waals surface area contributed by atoms with Gasteiger partial charge >= 0.3 is 0 Å². The van der Waals surface area contributed by atoms with Crippen LogP contribution < -0.4 is 5.73 Å². The largest absolute Gasteiger partial charge is 0.383 e. The summed E-state index contributed by atoms with van der Waals surface area (Å²) in [4.78, 5) is 0. The Balaban J connectivity index is 2.15. The first-order chi connectivity index (χ1) is 8.99. The first-order valence-corrected chi connectivity index (χ1v) is 6.74. The van der Waals surface area contributed by atoms with Crippen LogP contribution in [0.1, 0.15) is 37.9 Å². The molecule has 0 fully saturated rings. The Morgan fingerprint density at radius 3 is 2.74 bits per heavy atom. The molecule has 0 amide bonds. The van der Waals surface area contributed by atoms with Gasteiger partial charge in [0.1, 0.15) is 5.82 Å². The first-order valence-electron chi connectivity index (χ1n) is 6.36. The van der Waals surface area contributed by atoms with E-state index in [1.807, 2.05) is 0 Å². The van der Waals surface area contributed by atoms with Gasteiger partial charge in [0, 0.05) is 5.56 Å². The number of hydrogen-bond acceptors (Lipinski definition) is 4. The van der Waals surface area contributed by atoms with Crippen LogP contribution in [0.4, 0.5) is 5.82 Å². The van der Waals surface area contributed by atoms with Crippen molar-refractivity contribution in [3.8, 4) is 5.82 Å². The number of nitrogens with zero attached hydrogens (tertiary/aromatic N) is 4. The Morgan fingerprint density at radius 2 is 2.11 bits per heavy atom. The van der Waals surface area contributed by atoms with Crippen LogP contribution >= 0.6 is 11.6 Å². The molecular formula is C13H16ClN5. The predicted octanol–water partition coefficient (Wildman–Crippen LogP) is 2.51. The van der Waals surface area contributed by atoms with E-state index in [0.29, 0.717) is 16.8 Å². The van der Waals surface area contributed by atoms with Crippen molar-refractivity contribution >= 4 is 17.4 Å². The summed E-state index contributed by atoms with van der Waals surface area (Å²) in [7, 11) is 0. The maximum atomic E-state index is 6.27. The number of nitrogen functional groups attached to an aromatic ring is 1. The van der Waals surface area contributed by atoms with Crippen LogP contribution in [0.2, 0.25) is 5.15 Å². The van der Waals surface area contributed by atoms with E-state index in [9.17, 15) is 0 Å². The number of halogens is 1. The van der Waals surface area contributed by atoms with Crippen LogP contribution in [-0.4, -0.2) is 20.0 Å². The maximum absolute atomic E-state index is 6.27. The summed E-state index contributed by atoms with van der Waals surface area (Å²) in [6, 6.07) is 3.46. The second-order valence-corrected chi connectivity index (χ2v) is 5.96. The third kappa shape index (κ3) is 1.98. The second-order valence-electron chi connectivity index (χ2n) is 5.57. The molecule has 0 saturated carbocycles. The minimum atomic E-state index is 0.0652. The van der Waals surface area contributed by atoms with Gasteiger partial charge in [0.25, 0.3) is 0 Å². The number of fused-ring (bicyclic) bond motifs is 1. The van der Waals surface area contributed by atoms with E-state index >= 15 is 0 Å². The minimum Gasteiger partial charge on any atom is -0.383 e. The molecule has 0 spiro atoms. The molecule has 2 N–H and O–H groups in total. The molecule has 2 heterocycles. The van der Waals surface area contributed by atoms with E-state index in [4.69, 9.17) is 17.3 Å². The van der Waals surface area contributed by atoms with Gasteiger partial charge in [-0.25, -0.2) is 0 Å². The van der Waals surface area contributed by atoms with Crippen LogP contribution in [0.15, 0.2) is 12.1 Å². The van der Waals surface area contributed by atoms with Gasteiger partial charge in [0.2, 0.25) is 0 Å². The molecule has 0 aliphatic heterocycles. The van der Waals surface area contributed by atoms with Crippen molar-refractivity contribution in [2.75, 3.05) is 5.73 Å². The molecular weight excluding hydrogens is 262 g/mol. The molecule has 0 atom stereocenters. The highest BCUT2D eigenvalue weighted by atomic mass is 35.5. The summed E-state index contributed by atoms with van der Waals surface area (Å²) in [5.41, 5.74) is 8.56. The number of nitrogens with two attached hydrogens (primary N) is 1. The van der Waals surface area contributed by atoms with Crippen LogP contribution in [0.5, 0.6) is 0 Å². The van der Waals surface area contributed by atoms with E-state index in [2.05, 4.69) is 29.1 Å². The molecule has 0 unspecified atom stereocenters. The van der Waals surface area contributed by atoms with E-state index in [1.165, 1.54) is 0 Å². The maximum Gasteiger partial charge on any atom is 0.178 e. The predicted molar refractivity (Wildman–Crippen MR) is 74.5 cm³/mol. The number of aromatic nitrogens is 4. The fourth-order valence-corrected chi connectivity index (χ4v) is 2.91. The van der Waals surface area contributed by atoms with Crippen molar-refractivity contribution in [3.05, 3.63) is 28.5 Å². The Bertz CT molecular complexity index is 615. The fourth-order valence-electron chi connectivity index (χ4n) is 2.81. The van der Waals surface area contributed by atoms with E-state index in [0.717, 1.165) is 30.5 Å². The van der Waals surface area contributed by atoms with Crippen molar-refractivity contribution < 1.29 is 0 Å². The number of anilines is 1. The van der Waals surface area contributed by atoms with Crippen molar-refractivity contribution in [2.45, 2.75) is 38.5 Å². The zero-order valence-electron chi connectivity index (χ0n) is 11.0. The molecule has 0 aromatic carbocycles. The lowest BCUT2D eigenvalue weighted by molar-refractivity contribution is 0.432. The molecule has 5 nitrogen and oxygen atoms in total. The molecule has 0 radical (unpaired) electrons. The second kappa shape index (κ2) is 4.20. The topological polar surface area (TPSA) is 69.6 Å². The van der Waals surface area contributed by atoms with Crippen molar-refractivity contribution in [3.63, 3.8) is 0 Å². The quantitative estimate of drug-likeness (QED) is 0.869. The molecule has 2 aromatic heterocycles. The van der Waals surface area contributed by atoms with Gasteiger partial charge in [-0.05, 0) is 36.8 Å². The van der Waals surface area contributed by atoms with Gasteiger partial charge in [-0.1, -0.05) is 25.4 Å². The lowest BCUT2D eigenvalue weighted by Crippen LogP contribution is -2.24. The summed E-state index contributed by atoms with van der Waals surface area (Å²) in [5, 5.41) is 12.8. The van der Waals surface area contributed by atoms with E-state index < -0.39 is 0 Å². The van der Waals surface area contributed by atoms with E-state index in [1.54, 1.807) is 16.8 Å². The van der Waals surface area contributed by atoms with E-state index in [-0.39, 0.29) is 5.41 Å². The highest BCUT2D eigenvalue weighted by Crippen LogP contribution is 2.40. The zero-order chi connectivity index (χ0) is 13.6. The summed E-state index contributed by atoms with van der Waals surface area (Å²) in [6.45, 7) is 4.42. The molecule has 1 aliphatic carbocycles. The van der Waals surface area contributed by atoms with Gasteiger partial charge in [-0.2, -0.15) is 9.78 Å². The monoisotopic (exact) mass is 277 g/mol. The summed E-state index contributed by atoms with van der Waals surface area (Å²) >= 11 is 5.75. The number of rotatable bonds is 1. The molecule has 3 rings (SSSR count). The highest BCUT2D eigenvalue weighted by molar-refractivity contribution is 6.29. The third-order valence-electron chi connectivity index (χ3n) is 3.72. The summed E-state index contributed by atoms with van der Waals surface area (Å²) in [5.74, 6) is 1.27. The first kappa shape index (κ1) is 12.4. The minimum absolute atomic E-state index is 0.0652. The SMILES string of the molecule is CC1(C)CCCc2nn(-c3ccc(Cl)nn3)c(N)c21. The van der Waals surface area contributed by atoms with Gasteiger partial charge in [0.05, 0.1) is 5.69 Å². The van der Waals surface area contributed by atoms with Crippen LogP contribution in [0.3, 0.4) is 0 Å². The van der Waals surface area contributed by atoms with Crippen molar-refractivity contribution in [2.24, 2.45) is 0 Å². The van der Waals surface area contributed by atoms with Gasteiger partial charge < -0.3 is 5.73 Å². The average molecular weight is 278 g/mol. The van der Waals surface area contributed by atoms with Crippen LogP contribution in [0, 0.1) is 0 Å². The third-order valence-corrected chi connectivity index (χ3v) is 3.92. The molecule has 2 aromatic rings. The zero-order valence-corrected chi connectivity index (χ0v) is 11.8. The molecule has 19 heavy (non-hydrogen) atoms. The van der Waals surface area contributed by atoms with Crippen molar-refractivity contribution in [1.82, 2.24) is 20.0 Å². The Kier molecular flexibility index (Phi) is 2.74. The molecule has 1 aliphatic rings. The van der Waals surface area contributed by atoms with Crippen molar-refractivity contribution in [1.29, 1.82) is 0 Å². The summed E-state index contributed by atoms with van der Waals surface area (Å²) < 4.78 is 1.67. The van der Waals surface area contributed by atoms with Gasteiger partial charge in [-0.3, -0.25) is 0 Å². The molecule has 0 bridgehead atoms.